The van der Waals surface area contributed by atoms with Crippen LogP contribution in [0, 0.1) is 23.7 Å². The van der Waals surface area contributed by atoms with Crippen LogP contribution in [0.4, 0.5) is 17.1 Å². The first-order valence-corrected chi connectivity index (χ1v) is 19.1. The SMILES string of the molecule is CC1(C)CCC(C)(C)c2c(N(c3ccccc3)c3ccc(-c4ccc5c(c4)C4(c6ccccc6-5)C5CC6CC(C5)CC4C6)cc3)cccc21. The highest BCUT2D eigenvalue weighted by molar-refractivity contribution is 5.86. The molecule has 0 atom stereocenters. The third-order valence-electron chi connectivity index (χ3n) is 14.1. The first-order chi connectivity index (χ1) is 23.7. The van der Waals surface area contributed by atoms with Gasteiger partial charge in [-0.2, -0.15) is 0 Å². The van der Waals surface area contributed by atoms with Crippen LogP contribution >= 0.6 is 0 Å². The summed E-state index contributed by atoms with van der Waals surface area (Å²) in [5, 5.41) is 0. The predicted molar refractivity (Wildman–Crippen MR) is 205 cm³/mol. The monoisotopic (exact) mass is 639 g/mol. The number of benzene rings is 5. The zero-order chi connectivity index (χ0) is 33.1. The summed E-state index contributed by atoms with van der Waals surface area (Å²) in [5.74, 6) is 3.49. The van der Waals surface area contributed by atoms with Crippen molar-refractivity contribution in [3.63, 3.8) is 0 Å². The van der Waals surface area contributed by atoms with Gasteiger partial charge in [-0.1, -0.05) is 107 Å². The van der Waals surface area contributed by atoms with Crippen LogP contribution < -0.4 is 4.90 Å². The van der Waals surface area contributed by atoms with E-state index in [0.717, 1.165) is 23.7 Å². The molecule has 1 heteroatoms. The van der Waals surface area contributed by atoms with Crippen molar-refractivity contribution in [3.8, 4) is 22.3 Å². The lowest BCUT2D eigenvalue weighted by atomic mass is 9.43. The van der Waals surface area contributed by atoms with E-state index in [-0.39, 0.29) is 16.2 Å². The Bertz CT molecular complexity index is 2050. The summed E-state index contributed by atoms with van der Waals surface area (Å²) in [6.07, 6.45) is 9.59. The van der Waals surface area contributed by atoms with E-state index in [1.165, 1.54) is 95.4 Å². The van der Waals surface area contributed by atoms with Crippen molar-refractivity contribution in [2.45, 2.75) is 88.9 Å². The molecular formula is C48H49N. The molecule has 6 aliphatic carbocycles. The fraction of sp³-hybridized carbons (Fsp3) is 0.375. The minimum absolute atomic E-state index is 0.101. The molecule has 49 heavy (non-hydrogen) atoms. The lowest BCUT2D eigenvalue weighted by molar-refractivity contribution is -0.0399. The van der Waals surface area contributed by atoms with Gasteiger partial charge in [0.1, 0.15) is 0 Å². The summed E-state index contributed by atoms with van der Waals surface area (Å²) in [6.45, 7) is 9.74. The Morgan fingerprint density at radius 3 is 1.82 bits per heavy atom. The number of rotatable bonds is 4. The van der Waals surface area contributed by atoms with Crippen LogP contribution in [0.5, 0.6) is 0 Å². The Hall–Kier alpha value is -4.10. The largest absolute Gasteiger partial charge is 0.310 e. The summed E-state index contributed by atoms with van der Waals surface area (Å²) >= 11 is 0. The zero-order valence-electron chi connectivity index (χ0n) is 29.7. The summed E-state index contributed by atoms with van der Waals surface area (Å²) in [5.41, 5.74) is 16.1. The van der Waals surface area contributed by atoms with Gasteiger partial charge in [0, 0.05) is 16.8 Å². The minimum Gasteiger partial charge on any atom is -0.310 e. The highest BCUT2D eigenvalue weighted by atomic mass is 15.1. The van der Waals surface area contributed by atoms with Crippen molar-refractivity contribution < 1.29 is 0 Å². The molecule has 1 nitrogen and oxygen atoms in total. The van der Waals surface area contributed by atoms with Gasteiger partial charge < -0.3 is 4.90 Å². The predicted octanol–water partition coefficient (Wildman–Crippen LogP) is 12.9. The molecule has 0 saturated heterocycles. The summed E-state index contributed by atoms with van der Waals surface area (Å²) in [6, 6.07) is 44.4. The second kappa shape index (κ2) is 10.5. The second-order valence-corrected chi connectivity index (χ2v) is 17.7. The number of fused-ring (bicyclic) bond motifs is 4. The molecule has 0 unspecified atom stereocenters. The van der Waals surface area contributed by atoms with Gasteiger partial charge >= 0.3 is 0 Å². The van der Waals surface area contributed by atoms with Crippen molar-refractivity contribution in [1.29, 1.82) is 0 Å². The average Bonchev–Trinajstić information content (AvgIpc) is 3.40. The van der Waals surface area contributed by atoms with E-state index in [9.17, 15) is 0 Å². The van der Waals surface area contributed by atoms with Crippen LogP contribution in [-0.4, -0.2) is 0 Å². The summed E-state index contributed by atoms with van der Waals surface area (Å²) < 4.78 is 0. The van der Waals surface area contributed by atoms with Crippen molar-refractivity contribution >= 4 is 17.1 Å². The van der Waals surface area contributed by atoms with Gasteiger partial charge in [0.2, 0.25) is 0 Å². The lowest BCUT2D eigenvalue weighted by Crippen LogP contribution is -2.55. The molecule has 246 valence electrons. The minimum atomic E-state index is 0.101. The zero-order valence-corrected chi connectivity index (χ0v) is 29.7. The molecule has 0 aromatic heterocycles. The Morgan fingerprint density at radius 1 is 0.490 bits per heavy atom. The number of hydrogen-bond acceptors (Lipinski definition) is 1. The van der Waals surface area contributed by atoms with E-state index in [1.807, 2.05) is 0 Å². The molecule has 5 aromatic rings. The molecule has 0 radical (unpaired) electrons. The molecule has 4 fully saturated rings. The van der Waals surface area contributed by atoms with Gasteiger partial charge in [-0.3, -0.25) is 0 Å². The first kappa shape index (κ1) is 29.8. The standard InChI is InChI=1S/C48H49N/c1-46(2)23-24-47(3,4)45-42(46)15-10-16-44(45)49(37-11-6-5-7-12-37)38-20-17-33(18-21-38)34-19-22-40-39-13-8-9-14-41(39)48(43(40)30-34)35-26-31-25-32(28-35)29-36(48)27-31/h5-22,30-32,35-36H,23-29H2,1-4H3. The highest BCUT2D eigenvalue weighted by Gasteiger charge is 2.61. The van der Waals surface area contributed by atoms with Crippen molar-refractivity contribution in [3.05, 3.63) is 138 Å². The van der Waals surface area contributed by atoms with Crippen molar-refractivity contribution in [2.75, 3.05) is 4.90 Å². The summed E-state index contributed by atoms with van der Waals surface area (Å²) in [7, 11) is 0. The van der Waals surface area contributed by atoms with Crippen LogP contribution in [0.25, 0.3) is 22.3 Å². The van der Waals surface area contributed by atoms with Gasteiger partial charge in [-0.15, -0.1) is 0 Å². The summed E-state index contributed by atoms with van der Waals surface area (Å²) in [4.78, 5) is 2.51. The van der Waals surface area contributed by atoms with E-state index in [0.29, 0.717) is 0 Å². The smallest absolute Gasteiger partial charge is 0.0502 e. The highest BCUT2D eigenvalue weighted by Crippen LogP contribution is 2.69. The van der Waals surface area contributed by atoms with E-state index in [1.54, 1.807) is 11.1 Å². The Balaban J connectivity index is 1.08. The second-order valence-electron chi connectivity index (χ2n) is 17.7. The number of anilines is 3. The molecule has 4 saturated carbocycles. The maximum Gasteiger partial charge on any atom is 0.0502 e. The van der Waals surface area contributed by atoms with E-state index < -0.39 is 0 Å². The van der Waals surface area contributed by atoms with Gasteiger partial charge in [0.25, 0.3) is 0 Å². The molecule has 5 aromatic carbocycles. The van der Waals surface area contributed by atoms with Crippen LogP contribution in [0.2, 0.25) is 0 Å². The van der Waals surface area contributed by atoms with Crippen LogP contribution in [0.1, 0.15) is 94.9 Å². The molecule has 4 bridgehead atoms. The first-order valence-electron chi connectivity index (χ1n) is 19.1. The molecule has 0 aliphatic heterocycles. The number of hydrogen-bond donors (Lipinski definition) is 0. The molecule has 11 rings (SSSR count). The Labute approximate surface area is 293 Å². The van der Waals surface area contributed by atoms with E-state index >= 15 is 0 Å². The Kier molecular flexibility index (Phi) is 6.36. The van der Waals surface area contributed by atoms with E-state index in [2.05, 4.69) is 148 Å². The molecular weight excluding hydrogens is 591 g/mol. The molecule has 0 amide bonds. The van der Waals surface area contributed by atoms with Crippen LogP contribution in [0.15, 0.2) is 115 Å². The molecule has 6 aliphatic rings. The van der Waals surface area contributed by atoms with Gasteiger partial charge in [0.15, 0.2) is 0 Å². The molecule has 1 spiro atoms. The maximum atomic E-state index is 2.62. The number of para-hydroxylation sites is 1. The topological polar surface area (TPSA) is 3.24 Å². The molecule has 0 N–H and O–H groups in total. The van der Waals surface area contributed by atoms with Gasteiger partial charge in [-0.25, -0.2) is 0 Å². The Morgan fingerprint density at radius 2 is 1.08 bits per heavy atom. The average molecular weight is 640 g/mol. The van der Waals surface area contributed by atoms with Gasteiger partial charge in [-0.05, 0) is 160 Å². The number of nitrogens with zero attached hydrogens (tertiary/aromatic N) is 1. The normalized spacial score (nSPS) is 27.8. The van der Waals surface area contributed by atoms with Crippen molar-refractivity contribution in [2.24, 2.45) is 23.7 Å². The molecule has 0 heterocycles. The maximum absolute atomic E-state index is 2.62. The van der Waals surface area contributed by atoms with Crippen LogP contribution in [0.3, 0.4) is 0 Å². The fourth-order valence-electron chi connectivity index (χ4n) is 12.0. The van der Waals surface area contributed by atoms with Crippen LogP contribution in [-0.2, 0) is 16.2 Å². The van der Waals surface area contributed by atoms with E-state index in [4.69, 9.17) is 0 Å². The quantitative estimate of drug-likeness (QED) is 0.189. The van der Waals surface area contributed by atoms with Gasteiger partial charge in [0.05, 0.1) is 5.69 Å². The van der Waals surface area contributed by atoms with Crippen molar-refractivity contribution in [1.82, 2.24) is 0 Å². The lowest BCUT2D eigenvalue weighted by Gasteiger charge is -2.61. The third kappa shape index (κ3) is 4.24. The third-order valence-corrected chi connectivity index (χ3v) is 14.1. The fourth-order valence-corrected chi connectivity index (χ4v) is 12.0.